The van der Waals surface area contributed by atoms with Gasteiger partial charge in [-0.05, 0) is 31.0 Å². The van der Waals surface area contributed by atoms with Crippen molar-refractivity contribution in [3.8, 4) is 11.5 Å². The fourth-order valence-electron chi connectivity index (χ4n) is 2.01. The van der Waals surface area contributed by atoms with E-state index in [1.807, 2.05) is 13.8 Å². The molecule has 122 valence electrons. The molecule has 2 N–H and O–H groups in total. The Labute approximate surface area is 131 Å². The van der Waals surface area contributed by atoms with Gasteiger partial charge in [-0.2, -0.15) is 0 Å². The summed E-state index contributed by atoms with van der Waals surface area (Å²) < 4.78 is 10.3. The maximum atomic E-state index is 12.1. The highest BCUT2D eigenvalue weighted by Gasteiger charge is 2.13. The molecule has 2 amide bonds. The van der Waals surface area contributed by atoms with Crippen LogP contribution in [0.5, 0.6) is 11.5 Å². The lowest BCUT2D eigenvalue weighted by Gasteiger charge is -2.15. The van der Waals surface area contributed by atoms with Gasteiger partial charge in [-0.15, -0.1) is 0 Å². The van der Waals surface area contributed by atoms with E-state index in [-0.39, 0.29) is 24.4 Å². The predicted octanol–water partition coefficient (Wildman–Crippen LogP) is 1.74. The van der Waals surface area contributed by atoms with Gasteiger partial charge in [0.2, 0.25) is 5.91 Å². The first-order chi connectivity index (χ1) is 10.5. The van der Waals surface area contributed by atoms with Gasteiger partial charge in [-0.1, -0.05) is 13.8 Å². The molecule has 0 atom stereocenters. The number of methoxy groups -OCH3 is 2. The van der Waals surface area contributed by atoms with E-state index >= 15 is 0 Å². The Bertz CT molecular complexity index is 513. The Morgan fingerprint density at radius 3 is 2.27 bits per heavy atom. The SMILES string of the molecule is CCC(CC)NC(=O)CNC(=O)c1ccc(OC)c(OC)c1. The number of nitrogens with one attached hydrogen (secondary N) is 2. The van der Waals surface area contributed by atoms with Crippen LogP contribution in [0.3, 0.4) is 0 Å². The average Bonchev–Trinajstić information content (AvgIpc) is 2.56. The number of benzene rings is 1. The summed E-state index contributed by atoms with van der Waals surface area (Å²) in [5.74, 6) is 0.491. The van der Waals surface area contributed by atoms with Gasteiger partial charge in [-0.3, -0.25) is 9.59 Å². The Morgan fingerprint density at radius 2 is 1.73 bits per heavy atom. The molecule has 0 saturated carbocycles. The van der Waals surface area contributed by atoms with Crippen LogP contribution in [0.1, 0.15) is 37.0 Å². The minimum atomic E-state index is -0.333. The molecule has 0 aromatic heterocycles. The standard InChI is InChI=1S/C16H24N2O4/c1-5-12(6-2)18-15(19)10-17-16(20)11-7-8-13(21-3)14(9-11)22-4/h7-9,12H,5-6,10H2,1-4H3,(H,17,20)(H,18,19). The summed E-state index contributed by atoms with van der Waals surface area (Å²) in [7, 11) is 3.03. The third-order valence-corrected chi connectivity index (χ3v) is 3.41. The van der Waals surface area contributed by atoms with Crippen LogP contribution in [0, 0.1) is 0 Å². The molecule has 1 aromatic carbocycles. The van der Waals surface area contributed by atoms with E-state index < -0.39 is 0 Å². The number of carbonyl (C=O) groups excluding carboxylic acids is 2. The number of ether oxygens (including phenoxy) is 2. The zero-order valence-electron chi connectivity index (χ0n) is 13.6. The summed E-state index contributed by atoms with van der Waals surface area (Å²) in [4.78, 5) is 23.8. The van der Waals surface area contributed by atoms with Gasteiger partial charge < -0.3 is 20.1 Å². The molecule has 22 heavy (non-hydrogen) atoms. The lowest BCUT2D eigenvalue weighted by molar-refractivity contribution is -0.120. The molecule has 0 fully saturated rings. The molecular formula is C16H24N2O4. The van der Waals surface area contributed by atoms with Crippen LogP contribution >= 0.6 is 0 Å². The molecule has 1 rings (SSSR count). The smallest absolute Gasteiger partial charge is 0.251 e. The summed E-state index contributed by atoms with van der Waals surface area (Å²) in [6.07, 6.45) is 1.73. The van der Waals surface area contributed by atoms with E-state index in [0.29, 0.717) is 17.1 Å². The van der Waals surface area contributed by atoms with Crippen molar-refractivity contribution < 1.29 is 19.1 Å². The van der Waals surface area contributed by atoms with E-state index in [0.717, 1.165) is 12.8 Å². The molecule has 0 aliphatic carbocycles. The summed E-state index contributed by atoms with van der Waals surface area (Å²) in [6.45, 7) is 3.97. The Kier molecular flexibility index (Phi) is 7.22. The third-order valence-electron chi connectivity index (χ3n) is 3.41. The molecule has 6 nitrogen and oxygen atoms in total. The molecule has 0 radical (unpaired) electrons. The van der Waals surface area contributed by atoms with Crippen LogP contribution < -0.4 is 20.1 Å². The van der Waals surface area contributed by atoms with Crippen molar-refractivity contribution in [2.45, 2.75) is 32.7 Å². The van der Waals surface area contributed by atoms with Crippen LogP contribution in [0.4, 0.5) is 0 Å². The maximum Gasteiger partial charge on any atom is 0.251 e. The Morgan fingerprint density at radius 1 is 1.09 bits per heavy atom. The maximum absolute atomic E-state index is 12.1. The summed E-state index contributed by atoms with van der Waals surface area (Å²) in [5.41, 5.74) is 0.410. The van der Waals surface area contributed by atoms with Crippen molar-refractivity contribution in [3.05, 3.63) is 23.8 Å². The van der Waals surface area contributed by atoms with Gasteiger partial charge in [0.05, 0.1) is 20.8 Å². The second kappa shape index (κ2) is 8.92. The normalized spacial score (nSPS) is 10.2. The highest BCUT2D eigenvalue weighted by molar-refractivity contribution is 5.97. The van der Waals surface area contributed by atoms with Crippen molar-refractivity contribution >= 4 is 11.8 Å². The molecule has 0 spiro atoms. The first-order valence-corrected chi connectivity index (χ1v) is 7.35. The molecule has 0 aliphatic heterocycles. The molecule has 0 aliphatic rings. The van der Waals surface area contributed by atoms with E-state index in [4.69, 9.17) is 9.47 Å². The zero-order chi connectivity index (χ0) is 16.5. The second-order valence-electron chi connectivity index (χ2n) is 4.83. The van der Waals surface area contributed by atoms with Crippen molar-refractivity contribution in [1.82, 2.24) is 10.6 Å². The molecule has 6 heteroatoms. The van der Waals surface area contributed by atoms with Gasteiger partial charge in [0.1, 0.15) is 0 Å². The van der Waals surface area contributed by atoms with Gasteiger partial charge in [0, 0.05) is 11.6 Å². The summed E-state index contributed by atoms with van der Waals surface area (Å²) >= 11 is 0. The van der Waals surface area contributed by atoms with E-state index in [9.17, 15) is 9.59 Å². The van der Waals surface area contributed by atoms with Crippen LogP contribution in [0.25, 0.3) is 0 Å². The average molecular weight is 308 g/mol. The largest absolute Gasteiger partial charge is 0.493 e. The van der Waals surface area contributed by atoms with Crippen molar-refractivity contribution in [3.63, 3.8) is 0 Å². The fraction of sp³-hybridized carbons (Fsp3) is 0.500. The molecular weight excluding hydrogens is 284 g/mol. The lowest BCUT2D eigenvalue weighted by Crippen LogP contribution is -2.41. The minimum absolute atomic E-state index is 0.0519. The fourth-order valence-corrected chi connectivity index (χ4v) is 2.01. The van der Waals surface area contributed by atoms with Gasteiger partial charge >= 0.3 is 0 Å². The molecule has 1 aromatic rings. The van der Waals surface area contributed by atoms with Crippen molar-refractivity contribution in [1.29, 1.82) is 0 Å². The lowest BCUT2D eigenvalue weighted by atomic mass is 10.1. The summed E-state index contributed by atoms with van der Waals surface area (Å²) in [6, 6.07) is 4.99. The number of hydrogen-bond acceptors (Lipinski definition) is 4. The first kappa shape index (κ1) is 17.8. The Hall–Kier alpha value is -2.24. The number of carbonyl (C=O) groups is 2. The van der Waals surface area contributed by atoms with E-state index in [2.05, 4.69) is 10.6 Å². The predicted molar refractivity (Wildman–Crippen MR) is 84.4 cm³/mol. The number of rotatable bonds is 8. The topological polar surface area (TPSA) is 76.7 Å². The van der Waals surface area contributed by atoms with E-state index in [1.54, 1.807) is 18.2 Å². The zero-order valence-corrected chi connectivity index (χ0v) is 13.6. The highest BCUT2D eigenvalue weighted by atomic mass is 16.5. The molecule has 0 saturated heterocycles. The molecule has 0 heterocycles. The minimum Gasteiger partial charge on any atom is -0.493 e. The van der Waals surface area contributed by atoms with Crippen molar-refractivity contribution in [2.75, 3.05) is 20.8 Å². The second-order valence-corrected chi connectivity index (χ2v) is 4.83. The first-order valence-electron chi connectivity index (χ1n) is 7.35. The number of hydrogen-bond donors (Lipinski definition) is 2. The van der Waals surface area contributed by atoms with Crippen LogP contribution in [0.15, 0.2) is 18.2 Å². The Balaban J connectivity index is 2.60. The van der Waals surface area contributed by atoms with Gasteiger partial charge in [-0.25, -0.2) is 0 Å². The number of amides is 2. The molecule has 0 unspecified atom stereocenters. The summed E-state index contributed by atoms with van der Waals surface area (Å²) in [5, 5.41) is 5.46. The quantitative estimate of drug-likeness (QED) is 0.767. The van der Waals surface area contributed by atoms with Gasteiger partial charge in [0.25, 0.3) is 5.91 Å². The van der Waals surface area contributed by atoms with E-state index in [1.165, 1.54) is 14.2 Å². The molecule has 0 bridgehead atoms. The van der Waals surface area contributed by atoms with Gasteiger partial charge in [0.15, 0.2) is 11.5 Å². The van der Waals surface area contributed by atoms with Crippen LogP contribution in [0.2, 0.25) is 0 Å². The monoisotopic (exact) mass is 308 g/mol. The van der Waals surface area contributed by atoms with Crippen LogP contribution in [-0.2, 0) is 4.79 Å². The van der Waals surface area contributed by atoms with Crippen molar-refractivity contribution in [2.24, 2.45) is 0 Å². The third kappa shape index (κ3) is 4.95. The highest BCUT2D eigenvalue weighted by Crippen LogP contribution is 2.27. The van der Waals surface area contributed by atoms with Crippen LogP contribution in [-0.4, -0.2) is 38.6 Å².